The molecule has 2 rings (SSSR count). The summed E-state index contributed by atoms with van der Waals surface area (Å²) in [5.74, 6) is -0.757. The summed E-state index contributed by atoms with van der Waals surface area (Å²) in [4.78, 5) is 14.0. The van der Waals surface area contributed by atoms with Gasteiger partial charge in [-0.2, -0.15) is 10.5 Å². The molecular formula is C14H6BrF3N4O2. The maximum atomic E-state index is 12.3. The van der Waals surface area contributed by atoms with Crippen LogP contribution in [0.1, 0.15) is 11.1 Å². The highest BCUT2D eigenvalue weighted by atomic mass is 79.9. The van der Waals surface area contributed by atoms with E-state index >= 15 is 0 Å². The number of aromatic amines is 1. The largest absolute Gasteiger partial charge is 0.573 e. The number of H-pyrrole nitrogens is 1. The van der Waals surface area contributed by atoms with Crippen molar-refractivity contribution in [3.8, 4) is 29.0 Å². The van der Waals surface area contributed by atoms with Crippen LogP contribution < -0.4 is 16.0 Å². The number of nitrogen functional groups attached to an aromatic ring is 1. The van der Waals surface area contributed by atoms with Crippen LogP contribution in [-0.2, 0) is 0 Å². The first-order valence-electron chi connectivity index (χ1n) is 6.09. The first kappa shape index (κ1) is 17.4. The lowest BCUT2D eigenvalue weighted by Crippen LogP contribution is -2.17. The first-order chi connectivity index (χ1) is 11.2. The molecule has 0 aliphatic rings. The van der Waals surface area contributed by atoms with Gasteiger partial charge in [0.15, 0.2) is 0 Å². The molecule has 0 bridgehead atoms. The van der Waals surface area contributed by atoms with Gasteiger partial charge >= 0.3 is 6.36 Å². The van der Waals surface area contributed by atoms with E-state index in [-0.39, 0.29) is 32.5 Å². The monoisotopic (exact) mass is 398 g/mol. The van der Waals surface area contributed by atoms with Gasteiger partial charge in [-0.1, -0.05) is 15.9 Å². The maximum absolute atomic E-state index is 12.3. The molecule has 0 unspecified atom stereocenters. The Morgan fingerprint density at radius 3 is 2.33 bits per heavy atom. The lowest BCUT2D eigenvalue weighted by Gasteiger charge is -2.13. The molecule has 0 atom stereocenters. The molecule has 1 aromatic heterocycles. The number of anilines is 1. The van der Waals surface area contributed by atoms with Crippen molar-refractivity contribution < 1.29 is 17.9 Å². The quantitative estimate of drug-likeness (QED) is 0.806. The summed E-state index contributed by atoms with van der Waals surface area (Å²) in [5, 5.41) is 18.4. The highest BCUT2D eigenvalue weighted by Crippen LogP contribution is 2.36. The lowest BCUT2D eigenvalue weighted by molar-refractivity contribution is -0.274. The molecule has 0 radical (unpaired) electrons. The molecule has 0 saturated carbocycles. The number of rotatable bonds is 2. The molecule has 1 heterocycles. The summed E-state index contributed by atoms with van der Waals surface area (Å²) in [6.07, 6.45) is -4.87. The number of pyridine rings is 1. The van der Waals surface area contributed by atoms with E-state index in [0.717, 1.165) is 12.1 Å². The zero-order chi connectivity index (χ0) is 18.1. The first-order valence-corrected chi connectivity index (χ1v) is 6.89. The number of nitrogens with one attached hydrogen (secondary N) is 1. The van der Waals surface area contributed by atoms with Gasteiger partial charge in [0, 0.05) is 10.0 Å². The van der Waals surface area contributed by atoms with Crippen LogP contribution in [0.4, 0.5) is 19.0 Å². The average molecular weight is 399 g/mol. The Kier molecular flexibility index (Phi) is 4.53. The Labute approximate surface area is 141 Å². The molecule has 2 aromatic rings. The number of halogens is 4. The van der Waals surface area contributed by atoms with E-state index in [1.54, 1.807) is 12.1 Å². The Balaban J connectivity index is 2.72. The van der Waals surface area contributed by atoms with Crippen LogP contribution in [0.15, 0.2) is 27.5 Å². The van der Waals surface area contributed by atoms with Crippen molar-refractivity contribution in [2.45, 2.75) is 6.36 Å². The van der Waals surface area contributed by atoms with Crippen LogP contribution in [0.5, 0.6) is 5.75 Å². The van der Waals surface area contributed by atoms with Crippen LogP contribution in [-0.4, -0.2) is 11.3 Å². The van der Waals surface area contributed by atoms with Gasteiger partial charge in [-0.15, -0.1) is 13.2 Å². The van der Waals surface area contributed by atoms with Gasteiger partial charge in [-0.05, 0) is 23.8 Å². The highest BCUT2D eigenvalue weighted by Gasteiger charge is 2.31. The van der Waals surface area contributed by atoms with Crippen LogP contribution in [0.3, 0.4) is 0 Å². The van der Waals surface area contributed by atoms with Crippen molar-refractivity contribution in [1.82, 2.24) is 4.98 Å². The lowest BCUT2D eigenvalue weighted by atomic mass is 9.96. The molecule has 0 amide bonds. The fraction of sp³-hybridized carbons (Fsp3) is 0.0714. The second-order valence-corrected chi connectivity index (χ2v) is 5.26. The summed E-state index contributed by atoms with van der Waals surface area (Å²) in [7, 11) is 0. The minimum Gasteiger partial charge on any atom is -0.406 e. The molecule has 0 fully saturated rings. The molecule has 1 aromatic carbocycles. The number of hydrogen-bond donors (Lipinski definition) is 2. The predicted octanol–water partition coefficient (Wildman–Crippen LogP) is 3.03. The molecule has 0 saturated heterocycles. The molecular weight excluding hydrogens is 393 g/mol. The molecule has 0 spiro atoms. The van der Waals surface area contributed by atoms with Crippen molar-refractivity contribution >= 4 is 21.7 Å². The Bertz CT molecular complexity index is 955. The summed E-state index contributed by atoms with van der Waals surface area (Å²) in [5.41, 5.74) is 4.29. The molecule has 122 valence electrons. The van der Waals surface area contributed by atoms with Gasteiger partial charge in [0.1, 0.15) is 34.8 Å². The Morgan fingerprint density at radius 2 is 1.83 bits per heavy atom. The normalized spacial score (nSPS) is 10.8. The van der Waals surface area contributed by atoms with Gasteiger partial charge in [-0.3, -0.25) is 4.79 Å². The predicted molar refractivity (Wildman–Crippen MR) is 80.7 cm³/mol. The molecule has 0 aliphatic carbocycles. The van der Waals surface area contributed by atoms with Gasteiger partial charge < -0.3 is 15.5 Å². The summed E-state index contributed by atoms with van der Waals surface area (Å²) >= 11 is 3.05. The number of hydrogen-bond acceptors (Lipinski definition) is 5. The van der Waals surface area contributed by atoms with E-state index in [0.29, 0.717) is 0 Å². The number of benzene rings is 1. The smallest absolute Gasteiger partial charge is 0.406 e. The molecule has 24 heavy (non-hydrogen) atoms. The van der Waals surface area contributed by atoms with Gasteiger partial charge in [0.25, 0.3) is 5.56 Å². The highest BCUT2D eigenvalue weighted by molar-refractivity contribution is 9.10. The third-order valence-corrected chi connectivity index (χ3v) is 3.57. The van der Waals surface area contributed by atoms with Gasteiger partial charge in [-0.25, -0.2) is 0 Å². The third-order valence-electron chi connectivity index (χ3n) is 2.91. The summed E-state index contributed by atoms with van der Waals surface area (Å²) < 4.78 is 40.6. The number of alkyl halides is 3. The Morgan fingerprint density at radius 1 is 1.21 bits per heavy atom. The van der Waals surface area contributed by atoms with Gasteiger partial charge in [0.2, 0.25) is 0 Å². The molecule has 10 heteroatoms. The molecule has 6 nitrogen and oxygen atoms in total. The van der Waals surface area contributed by atoms with E-state index in [1.807, 2.05) is 0 Å². The standard InChI is InChI=1S/C14H6BrF3N4O2/c15-10-3-6(24-14(16,17)18)1-2-7(10)11-8(4-19)12(21)22-13(23)9(11)5-20/h1-3H,(H3,21,22,23). The van der Waals surface area contributed by atoms with Crippen molar-refractivity contribution in [2.24, 2.45) is 0 Å². The third kappa shape index (κ3) is 3.34. The van der Waals surface area contributed by atoms with Crippen LogP contribution in [0, 0.1) is 22.7 Å². The van der Waals surface area contributed by atoms with E-state index in [4.69, 9.17) is 11.0 Å². The van der Waals surface area contributed by atoms with Crippen LogP contribution in [0.25, 0.3) is 11.1 Å². The number of aromatic nitrogens is 1. The SMILES string of the molecule is N#Cc1c(N)[nH]c(=O)c(C#N)c1-c1ccc(OC(F)(F)F)cc1Br. The fourth-order valence-electron chi connectivity index (χ4n) is 2.01. The minimum atomic E-state index is -4.87. The Hall–Kier alpha value is -2.98. The van der Waals surface area contributed by atoms with E-state index in [1.165, 1.54) is 6.07 Å². The van der Waals surface area contributed by atoms with Crippen molar-refractivity contribution in [3.63, 3.8) is 0 Å². The number of nitrogens with zero attached hydrogens (tertiary/aromatic N) is 2. The van der Waals surface area contributed by atoms with Crippen molar-refractivity contribution in [1.29, 1.82) is 10.5 Å². The second-order valence-electron chi connectivity index (χ2n) is 4.41. The molecule has 0 aliphatic heterocycles. The van der Waals surface area contributed by atoms with E-state index in [9.17, 15) is 23.2 Å². The number of nitrogens with two attached hydrogens (primary N) is 1. The second kappa shape index (κ2) is 6.26. The van der Waals surface area contributed by atoms with Crippen LogP contribution >= 0.6 is 15.9 Å². The van der Waals surface area contributed by atoms with Crippen molar-refractivity contribution in [3.05, 3.63) is 44.2 Å². The maximum Gasteiger partial charge on any atom is 0.573 e. The summed E-state index contributed by atoms with van der Waals surface area (Å²) in [6, 6.07) is 6.61. The summed E-state index contributed by atoms with van der Waals surface area (Å²) in [6.45, 7) is 0. The zero-order valence-corrected chi connectivity index (χ0v) is 13.1. The van der Waals surface area contributed by atoms with E-state index in [2.05, 4.69) is 25.7 Å². The van der Waals surface area contributed by atoms with Gasteiger partial charge in [0.05, 0.1) is 0 Å². The average Bonchev–Trinajstić information content (AvgIpc) is 2.45. The van der Waals surface area contributed by atoms with Crippen molar-refractivity contribution in [2.75, 3.05) is 5.73 Å². The molecule has 3 N–H and O–H groups in total. The zero-order valence-electron chi connectivity index (χ0n) is 11.5. The number of ether oxygens (including phenoxy) is 1. The van der Waals surface area contributed by atoms with E-state index < -0.39 is 17.7 Å². The minimum absolute atomic E-state index is 0.0771. The fourth-order valence-corrected chi connectivity index (χ4v) is 2.56. The topological polar surface area (TPSA) is 116 Å². The number of nitriles is 2. The van der Waals surface area contributed by atoms with Crippen LogP contribution in [0.2, 0.25) is 0 Å².